The van der Waals surface area contributed by atoms with Crippen molar-refractivity contribution in [1.29, 1.82) is 0 Å². The van der Waals surface area contributed by atoms with E-state index in [2.05, 4.69) is 5.32 Å². The molecule has 2 amide bonds. The van der Waals surface area contributed by atoms with Crippen molar-refractivity contribution in [2.24, 2.45) is 0 Å². The van der Waals surface area contributed by atoms with Crippen LogP contribution in [-0.4, -0.2) is 35.6 Å². The van der Waals surface area contributed by atoms with E-state index in [9.17, 15) is 9.59 Å². The fourth-order valence-corrected chi connectivity index (χ4v) is 4.69. The van der Waals surface area contributed by atoms with Crippen LogP contribution in [0.1, 0.15) is 56.6 Å². The number of nitrogens with one attached hydrogen (secondary N) is 1. The first kappa shape index (κ1) is 23.4. The Morgan fingerprint density at radius 2 is 1.76 bits per heavy atom. The molecule has 1 atom stereocenters. The molecule has 2 aromatic rings. The van der Waals surface area contributed by atoms with E-state index in [-0.39, 0.29) is 24.6 Å². The Hall–Kier alpha value is -2.73. The topological polar surface area (TPSA) is 67.9 Å². The summed E-state index contributed by atoms with van der Waals surface area (Å²) >= 11 is 6.04. The number of hydrogen-bond acceptors (Lipinski definition) is 4. The number of nitrogens with zero attached hydrogens (tertiary/aromatic N) is 1. The molecule has 6 nitrogen and oxygen atoms in total. The van der Waals surface area contributed by atoms with Crippen molar-refractivity contribution >= 4 is 23.4 Å². The minimum atomic E-state index is -0.509. The number of amides is 2. The second-order valence-electron chi connectivity index (χ2n) is 8.75. The van der Waals surface area contributed by atoms with Gasteiger partial charge in [0.1, 0.15) is 6.04 Å². The molecule has 1 aliphatic carbocycles. The highest BCUT2D eigenvalue weighted by Gasteiger charge is 2.30. The van der Waals surface area contributed by atoms with Gasteiger partial charge in [-0.05, 0) is 61.1 Å². The van der Waals surface area contributed by atoms with E-state index in [1.807, 2.05) is 49.4 Å². The first-order valence-corrected chi connectivity index (χ1v) is 12.1. The second-order valence-corrected chi connectivity index (χ2v) is 9.19. The molecule has 0 bridgehead atoms. The quantitative estimate of drug-likeness (QED) is 0.567. The lowest BCUT2D eigenvalue weighted by atomic mass is 10.1. The van der Waals surface area contributed by atoms with Crippen LogP contribution in [0.4, 0.5) is 0 Å². The van der Waals surface area contributed by atoms with Gasteiger partial charge in [0.05, 0.1) is 0 Å². The number of aryl methyl sites for hydroxylation is 1. The van der Waals surface area contributed by atoms with Crippen LogP contribution in [0, 0.1) is 0 Å². The van der Waals surface area contributed by atoms with Crippen LogP contribution in [0.25, 0.3) is 0 Å². The summed E-state index contributed by atoms with van der Waals surface area (Å²) in [6, 6.07) is 12.9. The summed E-state index contributed by atoms with van der Waals surface area (Å²) in [7, 11) is 0. The second kappa shape index (κ2) is 10.9. The zero-order valence-electron chi connectivity index (χ0n) is 19.0. The van der Waals surface area contributed by atoms with Crippen LogP contribution in [-0.2, 0) is 22.6 Å². The third kappa shape index (κ3) is 5.99. The molecule has 0 aromatic heterocycles. The molecule has 0 saturated heterocycles. The van der Waals surface area contributed by atoms with E-state index in [1.54, 1.807) is 4.90 Å². The van der Waals surface area contributed by atoms with Crippen LogP contribution in [0.2, 0.25) is 5.02 Å². The molecule has 2 aromatic carbocycles. The molecule has 0 unspecified atom stereocenters. The molecule has 0 radical (unpaired) electrons. The van der Waals surface area contributed by atoms with Gasteiger partial charge in [-0.25, -0.2) is 0 Å². The normalized spacial score (nSPS) is 15.9. The summed E-state index contributed by atoms with van der Waals surface area (Å²) in [4.78, 5) is 28.3. The van der Waals surface area contributed by atoms with E-state index in [4.69, 9.17) is 21.1 Å². The molecule has 1 heterocycles. The molecule has 1 aliphatic heterocycles. The third-order valence-electron chi connectivity index (χ3n) is 6.42. The fourth-order valence-electron chi connectivity index (χ4n) is 4.56. The predicted molar refractivity (Wildman–Crippen MR) is 127 cm³/mol. The number of hydrogen-bond donors (Lipinski definition) is 1. The van der Waals surface area contributed by atoms with E-state index in [0.717, 1.165) is 42.6 Å². The minimum Gasteiger partial charge on any atom is -0.454 e. The van der Waals surface area contributed by atoms with E-state index < -0.39 is 6.04 Å². The van der Waals surface area contributed by atoms with Gasteiger partial charge in [0.2, 0.25) is 18.6 Å². The highest BCUT2D eigenvalue weighted by atomic mass is 35.5. The Morgan fingerprint density at radius 3 is 2.48 bits per heavy atom. The van der Waals surface area contributed by atoms with E-state index in [0.29, 0.717) is 36.6 Å². The Bertz CT molecular complexity index is 973. The molecule has 4 rings (SSSR count). The minimum absolute atomic E-state index is 0.0453. The van der Waals surface area contributed by atoms with Crippen LogP contribution in [0.3, 0.4) is 0 Å². The lowest BCUT2D eigenvalue weighted by Gasteiger charge is -2.31. The van der Waals surface area contributed by atoms with Gasteiger partial charge in [-0.1, -0.05) is 49.6 Å². The average molecular weight is 471 g/mol. The first-order valence-electron chi connectivity index (χ1n) is 11.8. The largest absolute Gasteiger partial charge is 0.454 e. The van der Waals surface area contributed by atoms with Gasteiger partial charge in [-0.15, -0.1) is 0 Å². The van der Waals surface area contributed by atoms with Crippen molar-refractivity contribution in [2.75, 3.05) is 6.79 Å². The van der Waals surface area contributed by atoms with Gasteiger partial charge in [0, 0.05) is 24.0 Å². The Balaban J connectivity index is 1.48. The molecule has 7 heteroatoms. The molecule has 2 aliphatic rings. The number of carbonyl (C=O) groups is 2. The van der Waals surface area contributed by atoms with Crippen LogP contribution < -0.4 is 14.8 Å². The molecular formula is C26H31ClN2O4. The third-order valence-corrected chi connectivity index (χ3v) is 6.67. The number of halogens is 1. The van der Waals surface area contributed by atoms with Crippen LogP contribution >= 0.6 is 11.6 Å². The molecule has 1 fully saturated rings. The SMILES string of the molecule is CC[C@H](C(=O)NC1CCCC1)N(Cc1ccc(Cl)cc1)C(=O)CCc1ccc2c(c1)OCO2. The Morgan fingerprint density at radius 1 is 1.06 bits per heavy atom. The maximum Gasteiger partial charge on any atom is 0.243 e. The molecule has 1 saturated carbocycles. The fraction of sp³-hybridized carbons (Fsp3) is 0.462. The van der Waals surface area contributed by atoms with Gasteiger partial charge >= 0.3 is 0 Å². The van der Waals surface area contributed by atoms with Crippen molar-refractivity contribution in [3.8, 4) is 11.5 Å². The summed E-state index contributed by atoms with van der Waals surface area (Å²) in [5, 5.41) is 3.82. The molecule has 33 heavy (non-hydrogen) atoms. The van der Waals surface area contributed by atoms with Crippen LogP contribution in [0.15, 0.2) is 42.5 Å². The Kier molecular flexibility index (Phi) is 7.76. The maximum atomic E-state index is 13.4. The van der Waals surface area contributed by atoms with Crippen molar-refractivity contribution < 1.29 is 19.1 Å². The summed E-state index contributed by atoms with van der Waals surface area (Å²) in [6.45, 7) is 2.55. The summed E-state index contributed by atoms with van der Waals surface area (Å²) in [5.74, 6) is 1.33. The number of benzene rings is 2. The molecular weight excluding hydrogens is 440 g/mol. The Labute approximate surface area is 200 Å². The number of rotatable bonds is 9. The van der Waals surface area contributed by atoms with Gasteiger partial charge in [-0.2, -0.15) is 0 Å². The standard InChI is InChI=1S/C26H31ClN2O4/c1-2-22(26(31)28-21-5-3-4-6-21)29(16-19-7-11-20(27)12-8-19)25(30)14-10-18-9-13-23-24(15-18)33-17-32-23/h7-9,11-13,15,21-22H,2-6,10,14,16-17H2,1H3,(H,28,31)/t22-/m1/s1. The van der Waals surface area contributed by atoms with E-state index >= 15 is 0 Å². The van der Waals surface area contributed by atoms with Gasteiger partial charge in [0.15, 0.2) is 11.5 Å². The number of carbonyl (C=O) groups excluding carboxylic acids is 2. The molecule has 176 valence electrons. The molecule has 0 spiro atoms. The summed E-state index contributed by atoms with van der Waals surface area (Å²) in [6.07, 6.45) is 5.74. The van der Waals surface area contributed by atoms with Crippen molar-refractivity contribution in [3.63, 3.8) is 0 Å². The lowest BCUT2D eigenvalue weighted by Crippen LogP contribution is -2.51. The maximum absolute atomic E-state index is 13.4. The smallest absolute Gasteiger partial charge is 0.243 e. The van der Waals surface area contributed by atoms with Crippen molar-refractivity contribution in [3.05, 3.63) is 58.6 Å². The number of ether oxygens (including phenoxy) is 2. The first-order chi connectivity index (χ1) is 16.0. The molecule has 1 N–H and O–H groups in total. The summed E-state index contributed by atoms with van der Waals surface area (Å²) in [5.41, 5.74) is 1.95. The van der Waals surface area contributed by atoms with Gasteiger partial charge in [0.25, 0.3) is 0 Å². The van der Waals surface area contributed by atoms with Crippen molar-refractivity contribution in [1.82, 2.24) is 10.2 Å². The van der Waals surface area contributed by atoms with Crippen LogP contribution in [0.5, 0.6) is 11.5 Å². The van der Waals surface area contributed by atoms with Gasteiger partial charge < -0.3 is 19.7 Å². The van der Waals surface area contributed by atoms with Gasteiger partial charge in [-0.3, -0.25) is 9.59 Å². The predicted octanol–water partition coefficient (Wildman–Crippen LogP) is 4.87. The lowest BCUT2D eigenvalue weighted by molar-refractivity contribution is -0.141. The summed E-state index contributed by atoms with van der Waals surface area (Å²) < 4.78 is 10.8. The van der Waals surface area contributed by atoms with Crippen molar-refractivity contribution in [2.45, 2.75) is 70.5 Å². The number of fused-ring (bicyclic) bond motifs is 1. The highest BCUT2D eigenvalue weighted by Crippen LogP contribution is 2.33. The highest BCUT2D eigenvalue weighted by molar-refractivity contribution is 6.30. The zero-order chi connectivity index (χ0) is 23.2. The zero-order valence-corrected chi connectivity index (χ0v) is 19.8. The average Bonchev–Trinajstić information content (AvgIpc) is 3.50. The van der Waals surface area contributed by atoms with E-state index in [1.165, 1.54) is 0 Å². The monoisotopic (exact) mass is 470 g/mol.